The fourth-order valence-electron chi connectivity index (χ4n) is 6.88. The van der Waals surface area contributed by atoms with Gasteiger partial charge in [0.1, 0.15) is 18.1 Å². The number of benzene rings is 1. The molecule has 4 N–H and O–H groups in total. The van der Waals surface area contributed by atoms with Crippen LogP contribution in [0.3, 0.4) is 0 Å². The summed E-state index contributed by atoms with van der Waals surface area (Å²) in [5.74, 6) is 0.266. The lowest BCUT2D eigenvalue weighted by molar-refractivity contribution is -0.0921. The van der Waals surface area contributed by atoms with Crippen LogP contribution in [0, 0.1) is 18.2 Å². The van der Waals surface area contributed by atoms with Gasteiger partial charge in [0.05, 0.1) is 24.9 Å². The number of fused-ring (bicyclic) bond motifs is 2. The highest BCUT2D eigenvalue weighted by Gasteiger charge is 2.50. The van der Waals surface area contributed by atoms with E-state index in [2.05, 4.69) is 20.2 Å². The molecule has 7 rings (SSSR count). The van der Waals surface area contributed by atoms with E-state index in [1.165, 1.54) is 11.1 Å². The van der Waals surface area contributed by atoms with Crippen molar-refractivity contribution in [1.29, 1.82) is 0 Å². The lowest BCUT2D eigenvalue weighted by Gasteiger charge is -2.55. The number of carboxylic acid groups (broad SMARTS) is 1. The number of rotatable bonds is 4. The van der Waals surface area contributed by atoms with Crippen LogP contribution in [0.2, 0.25) is 0 Å². The van der Waals surface area contributed by atoms with Crippen LogP contribution in [-0.4, -0.2) is 77.6 Å². The first-order valence-electron chi connectivity index (χ1n) is 13.9. The molecule has 10 nitrogen and oxygen atoms in total. The summed E-state index contributed by atoms with van der Waals surface area (Å²) in [6.45, 7) is 6.75. The van der Waals surface area contributed by atoms with E-state index in [9.17, 15) is 9.90 Å². The quantitative estimate of drug-likeness (QED) is 0.410. The van der Waals surface area contributed by atoms with Crippen LogP contribution in [0.4, 0.5) is 26.4 Å². The molecule has 1 saturated carbocycles. The summed E-state index contributed by atoms with van der Waals surface area (Å²) in [4.78, 5) is 25.2. The van der Waals surface area contributed by atoms with Gasteiger partial charge in [-0.3, -0.25) is 9.80 Å². The van der Waals surface area contributed by atoms with Crippen molar-refractivity contribution in [1.82, 2.24) is 14.9 Å². The van der Waals surface area contributed by atoms with E-state index in [-0.39, 0.29) is 17.1 Å². The highest BCUT2D eigenvalue weighted by Crippen LogP contribution is 2.52. The Morgan fingerprint density at radius 2 is 1.98 bits per heavy atom. The maximum atomic E-state index is 15.6. The van der Waals surface area contributed by atoms with Gasteiger partial charge < -0.3 is 25.6 Å². The molecule has 3 fully saturated rings. The van der Waals surface area contributed by atoms with Crippen molar-refractivity contribution in [2.75, 3.05) is 55.4 Å². The van der Waals surface area contributed by atoms with E-state index >= 15 is 4.39 Å². The first-order valence-corrected chi connectivity index (χ1v) is 13.9. The zero-order valence-electron chi connectivity index (χ0n) is 22.5. The summed E-state index contributed by atoms with van der Waals surface area (Å²) in [6.07, 6.45) is 5.82. The number of nitrogens with zero attached hydrogens (tertiary/aromatic N) is 4. The molecule has 4 aliphatic rings. The zero-order valence-corrected chi connectivity index (χ0v) is 22.5. The fourth-order valence-corrected chi connectivity index (χ4v) is 6.88. The largest absolute Gasteiger partial charge is 0.474 e. The van der Waals surface area contributed by atoms with Gasteiger partial charge in [-0.2, -0.15) is 0 Å². The van der Waals surface area contributed by atoms with E-state index in [4.69, 9.17) is 15.2 Å². The minimum Gasteiger partial charge on any atom is -0.474 e. The number of likely N-dealkylation sites (tertiary alicyclic amines) is 1. The van der Waals surface area contributed by atoms with Crippen LogP contribution in [0.15, 0.2) is 24.5 Å². The lowest BCUT2D eigenvalue weighted by Crippen LogP contribution is -2.59. The molecule has 2 aromatic heterocycles. The van der Waals surface area contributed by atoms with Gasteiger partial charge in [0.25, 0.3) is 0 Å². The van der Waals surface area contributed by atoms with Gasteiger partial charge in [0.2, 0.25) is 5.88 Å². The number of nitrogens with two attached hydrogens (primary N) is 1. The minimum absolute atomic E-state index is 0.0269. The third kappa shape index (κ3) is 4.02. The third-order valence-electron chi connectivity index (χ3n) is 9.37. The maximum Gasteiger partial charge on any atom is 0.413 e. The molecule has 1 amide bonds. The normalized spacial score (nSPS) is 20.8. The Hall–Kier alpha value is -3.70. The summed E-state index contributed by atoms with van der Waals surface area (Å²) in [6, 6.07) is 3.80. The topological polar surface area (TPSA) is 126 Å². The summed E-state index contributed by atoms with van der Waals surface area (Å²) in [5.41, 5.74) is 8.85. The van der Waals surface area contributed by atoms with E-state index in [1.807, 2.05) is 6.92 Å². The van der Waals surface area contributed by atoms with Crippen LogP contribution >= 0.6 is 0 Å². The molecule has 5 heterocycles. The van der Waals surface area contributed by atoms with Crippen molar-refractivity contribution < 1.29 is 23.8 Å². The molecule has 210 valence electrons. The number of hydrogen-bond acceptors (Lipinski definition) is 8. The molecule has 1 spiro atoms. The van der Waals surface area contributed by atoms with Crippen molar-refractivity contribution in [3.8, 4) is 17.0 Å². The van der Waals surface area contributed by atoms with Crippen LogP contribution in [-0.2, 0) is 4.74 Å². The van der Waals surface area contributed by atoms with Crippen LogP contribution in [0.5, 0.6) is 5.88 Å². The van der Waals surface area contributed by atoms with Gasteiger partial charge in [-0.05, 0) is 74.2 Å². The number of nitrogens with one attached hydrogen (secondary N) is 1. The molecule has 0 bridgehead atoms. The first kappa shape index (κ1) is 25.3. The van der Waals surface area contributed by atoms with E-state index < -0.39 is 11.9 Å². The number of pyridine rings is 2. The molecule has 40 heavy (non-hydrogen) atoms. The smallest absolute Gasteiger partial charge is 0.413 e. The van der Waals surface area contributed by atoms with Gasteiger partial charge >= 0.3 is 6.09 Å². The van der Waals surface area contributed by atoms with Gasteiger partial charge in [-0.15, -0.1) is 0 Å². The number of halogens is 1. The number of piperidine rings is 1. The lowest BCUT2D eigenvalue weighted by atomic mass is 9.60. The summed E-state index contributed by atoms with van der Waals surface area (Å²) in [5, 5.41) is 14.6. The van der Waals surface area contributed by atoms with E-state index in [1.54, 1.807) is 18.3 Å². The van der Waals surface area contributed by atoms with Crippen LogP contribution < -0.4 is 20.7 Å². The van der Waals surface area contributed by atoms with Gasteiger partial charge in [0.15, 0.2) is 5.82 Å². The molecule has 1 aliphatic carbocycles. The molecule has 1 aromatic carbocycles. The highest BCUT2D eigenvalue weighted by atomic mass is 19.1. The zero-order chi connectivity index (χ0) is 27.6. The monoisotopic (exact) mass is 548 g/mol. The predicted octanol–water partition coefficient (Wildman–Crippen LogP) is 4.26. The SMILES string of the molecule is Cc1c(-c2cc3cc(N(C(=O)O)C4CC5(CCN(C6COC6)CC5)C4)ncc3c(N)c2F)cnc2c1NCCO2. The summed E-state index contributed by atoms with van der Waals surface area (Å²) in [7, 11) is 0. The Morgan fingerprint density at radius 3 is 2.67 bits per heavy atom. The first-order chi connectivity index (χ1) is 19.3. The summed E-state index contributed by atoms with van der Waals surface area (Å²) < 4.78 is 26.5. The molecule has 3 aromatic rings. The Morgan fingerprint density at radius 1 is 1.20 bits per heavy atom. The fraction of sp³-hybridized carbons (Fsp3) is 0.483. The molecular formula is C29H33FN6O4. The molecule has 2 saturated heterocycles. The second-order valence-electron chi connectivity index (χ2n) is 11.6. The average molecular weight is 549 g/mol. The standard InChI is InChI=1S/C29H33FN6O4/c1-16-21(12-34-27-26(16)32-4-7-40-27)20-8-17-9-23(33-13-22(17)25(31)24(20)30)36(28(37)38)18-10-29(11-18)2-5-35(6-3-29)19-14-39-15-19/h8-9,12-13,18-19,32H,2-7,10-11,14-15,31H2,1H3,(H,37,38). The van der Waals surface area contributed by atoms with E-state index in [0.717, 1.165) is 63.2 Å². The molecule has 0 unspecified atom stereocenters. The van der Waals surface area contributed by atoms with Crippen LogP contribution in [0.1, 0.15) is 31.2 Å². The molecular weight excluding hydrogens is 515 g/mol. The number of anilines is 3. The van der Waals surface area contributed by atoms with Crippen molar-refractivity contribution >= 4 is 34.1 Å². The molecule has 0 radical (unpaired) electrons. The Balaban J connectivity index is 1.18. The Labute approximate surface area is 231 Å². The predicted molar refractivity (Wildman–Crippen MR) is 149 cm³/mol. The van der Waals surface area contributed by atoms with Crippen molar-refractivity contribution in [3.63, 3.8) is 0 Å². The Kier molecular flexibility index (Phi) is 5.97. The van der Waals surface area contributed by atoms with Crippen molar-refractivity contribution in [2.24, 2.45) is 5.41 Å². The number of aromatic nitrogens is 2. The van der Waals surface area contributed by atoms with Crippen molar-refractivity contribution in [3.05, 3.63) is 35.9 Å². The van der Waals surface area contributed by atoms with Gasteiger partial charge in [-0.25, -0.2) is 19.2 Å². The second kappa shape index (κ2) is 9.45. The molecule has 0 atom stereocenters. The van der Waals surface area contributed by atoms with Gasteiger partial charge in [-0.1, -0.05) is 0 Å². The van der Waals surface area contributed by atoms with Gasteiger partial charge in [0, 0.05) is 41.5 Å². The average Bonchev–Trinajstić information content (AvgIpc) is 2.90. The maximum absolute atomic E-state index is 15.6. The van der Waals surface area contributed by atoms with Crippen molar-refractivity contribution in [2.45, 2.75) is 44.7 Å². The Bertz CT molecular complexity index is 1500. The third-order valence-corrected chi connectivity index (χ3v) is 9.37. The second-order valence-corrected chi connectivity index (χ2v) is 11.6. The molecule has 11 heteroatoms. The highest BCUT2D eigenvalue weighted by molar-refractivity contribution is 6.00. The number of amides is 1. The number of nitrogen functional groups attached to an aromatic ring is 1. The summed E-state index contributed by atoms with van der Waals surface area (Å²) >= 11 is 0. The van der Waals surface area contributed by atoms with E-state index in [0.29, 0.717) is 52.8 Å². The number of carbonyl (C=O) groups is 1. The number of hydrogen-bond donors (Lipinski definition) is 3. The minimum atomic E-state index is -1.04. The molecule has 3 aliphatic heterocycles. The number of ether oxygens (including phenoxy) is 2. The van der Waals surface area contributed by atoms with Crippen LogP contribution in [0.25, 0.3) is 21.9 Å².